The van der Waals surface area contributed by atoms with Crippen LogP contribution in [0.5, 0.6) is 0 Å². The Hall–Kier alpha value is -2.55. The van der Waals surface area contributed by atoms with Crippen LogP contribution < -0.4 is 10.6 Å². The van der Waals surface area contributed by atoms with Crippen molar-refractivity contribution in [2.24, 2.45) is 0 Å². The van der Waals surface area contributed by atoms with Gasteiger partial charge in [-0.2, -0.15) is 18.3 Å². The summed E-state index contributed by atoms with van der Waals surface area (Å²) < 4.78 is 46.1. The Morgan fingerprint density at radius 3 is 2.85 bits per heavy atom. The van der Waals surface area contributed by atoms with Gasteiger partial charge in [-0.25, -0.2) is 9.48 Å². The molecule has 1 aliphatic heterocycles. The lowest BCUT2D eigenvalue weighted by atomic mass is 10.1. The Balaban J connectivity index is 1.65. The predicted octanol–water partition coefficient (Wildman–Crippen LogP) is 3.25. The van der Waals surface area contributed by atoms with Crippen LogP contribution in [0.15, 0.2) is 36.5 Å². The minimum atomic E-state index is -4.45. The maximum atomic E-state index is 13.1. The molecule has 140 valence electrons. The van der Waals surface area contributed by atoms with Gasteiger partial charge in [0.1, 0.15) is 5.82 Å². The zero-order valence-electron chi connectivity index (χ0n) is 13.9. The summed E-state index contributed by atoms with van der Waals surface area (Å²) in [4.78, 5) is 12.0. The number of carbonyl (C=O) groups is 1. The Bertz CT molecular complexity index is 754. The van der Waals surface area contributed by atoms with Crippen LogP contribution in [-0.2, 0) is 17.5 Å². The highest BCUT2D eigenvalue weighted by molar-refractivity contribution is 5.88. The van der Waals surface area contributed by atoms with Crippen molar-refractivity contribution in [3.63, 3.8) is 0 Å². The first-order valence-corrected chi connectivity index (χ1v) is 8.27. The van der Waals surface area contributed by atoms with Gasteiger partial charge in [0.2, 0.25) is 0 Å². The molecule has 0 radical (unpaired) electrons. The van der Waals surface area contributed by atoms with Gasteiger partial charge in [-0.05, 0) is 24.5 Å². The van der Waals surface area contributed by atoms with Crippen LogP contribution in [0.4, 0.5) is 23.8 Å². The Labute approximate surface area is 148 Å². The molecule has 0 aliphatic carbocycles. The molecule has 2 aromatic rings. The Morgan fingerprint density at radius 2 is 2.12 bits per heavy atom. The molecule has 1 aliphatic rings. The van der Waals surface area contributed by atoms with Crippen molar-refractivity contribution in [3.8, 4) is 0 Å². The number of carbonyl (C=O) groups excluding carboxylic acids is 1. The third kappa shape index (κ3) is 4.54. The van der Waals surface area contributed by atoms with E-state index in [2.05, 4.69) is 15.7 Å². The summed E-state index contributed by atoms with van der Waals surface area (Å²) in [6.07, 6.45) is -1.16. The highest BCUT2D eigenvalue weighted by atomic mass is 19.4. The molecular weight excluding hydrogens is 349 g/mol. The molecule has 2 amide bonds. The molecule has 26 heavy (non-hydrogen) atoms. The maximum Gasteiger partial charge on any atom is 0.416 e. The van der Waals surface area contributed by atoms with Gasteiger partial charge < -0.3 is 10.1 Å². The molecule has 1 aromatic carbocycles. The fourth-order valence-corrected chi connectivity index (χ4v) is 2.83. The van der Waals surface area contributed by atoms with Gasteiger partial charge in [-0.1, -0.05) is 18.2 Å². The normalized spacial score (nSPS) is 17.3. The van der Waals surface area contributed by atoms with Crippen molar-refractivity contribution in [1.82, 2.24) is 15.1 Å². The van der Waals surface area contributed by atoms with Gasteiger partial charge in [-0.3, -0.25) is 5.32 Å². The van der Waals surface area contributed by atoms with Crippen molar-refractivity contribution in [3.05, 3.63) is 47.7 Å². The first kappa shape index (κ1) is 18.2. The number of ether oxygens (including phenoxy) is 1. The van der Waals surface area contributed by atoms with E-state index in [1.54, 1.807) is 0 Å². The number of benzene rings is 1. The van der Waals surface area contributed by atoms with Crippen LogP contribution >= 0.6 is 0 Å². The minimum Gasteiger partial charge on any atom is -0.376 e. The number of alkyl halides is 3. The summed E-state index contributed by atoms with van der Waals surface area (Å²) in [7, 11) is 0. The fraction of sp³-hybridized carbons (Fsp3) is 0.412. The van der Waals surface area contributed by atoms with E-state index in [0.29, 0.717) is 19.0 Å². The quantitative estimate of drug-likeness (QED) is 0.851. The summed E-state index contributed by atoms with van der Waals surface area (Å²) in [6, 6.07) is 6.38. The van der Waals surface area contributed by atoms with Gasteiger partial charge in [0.25, 0.3) is 0 Å². The van der Waals surface area contributed by atoms with E-state index in [-0.39, 0.29) is 18.2 Å². The summed E-state index contributed by atoms with van der Waals surface area (Å²) in [5.41, 5.74) is -0.643. The third-order valence-corrected chi connectivity index (χ3v) is 4.12. The molecule has 1 atom stereocenters. The monoisotopic (exact) mass is 368 g/mol. The number of amides is 2. The predicted molar refractivity (Wildman–Crippen MR) is 88.8 cm³/mol. The number of anilines is 1. The van der Waals surface area contributed by atoms with Gasteiger partial charge in [-0.15, -0.1) is 0 Å². The summed E-state index contributed by atoms with van der Waals surface area (Å²) in [6.45, 7) is 0.972. The summed E-state index contributed by atoms with van der Waals surface area (Å²) >= 11 is 0. The van der Waals surface area contributed by atoms with Crippen molar-refractivity contribution < 1.29 is 22.7 Å². The maximum absolute atomic E-state index is 13.1. The van der Waals surface area contributed by atoms with Gasteiger partial charge >= 0.3 is 12.2 Å². The number of hydrogen-bond donors (Lipinski definition) is 2. The standard InChI is InChI=1S/C17H19F3N4O2/c18-17(19,20)14-6-2-1-4-12(14)11-24-15(7-8-22-24)23-16(25)21-10-13-5-3-9-26-13/h1-2,4,6-8,13H,3,5,9-11H2,(H2,21,23,25). The Kier molecular flexibility index (Phi) is 5.46. The smallest absolute Gasteiger partial charge is 0.376 e. The second kappa shape index (κ2) is 7.77. The van der Waals surface area contributed by atoms with Gasteiger partial charge in [0, 0.05) is 19.2 Å². The molecule has 0 spiro atoms. The van der Waals surface area contributed by atoms with Crippen LogP contribution in [0.2, 0.25) is 0 Å². The molecular formula is C17H19F3N4O2. The molecule has 1 aromatic heterocycles. The highest BCUT2D eigenvalue weighted by Crippen LogP contribution is 2.32. The molecule has 1 saturated heterocycles. The van der Waals surface area contributed by atoms with E-state index in [0.717, 1.165) is 18.9 Å². The fourth-order valence-electron chi connectivity index (χ4n) is 2.83. The van der Waals surface area contributed by atoms with E-state index in [4.69, 9.17) is 4.74 Å². The number of nitrogens with zero attached hydrogens (tertiary/aromatic N) is 2. The van der Waals surface area contributed by atoms with E-state index >= 15 is 0 Å². The first-order valence-electron chi connectivity index (χ1n) is 8.27. The van der Waals surface area contributed by atoms with Crippen molar-refractivity contribution in [2.45, 2.75) is 31.7 Å². The highest BCUT2D eigenvalue weighted by Gasteiger charge is 2.33. The molecule has 2 N–H and O–H groups in total. The van der Waals surface area contributed by atoms with Gasteiger partial charge in [0.05, 0.1) is 24.4 Å². The van der Waals surface area contributed by atoms with Crippen LogP contribution in [-0.4, -0.2) is 35.1 Å². The Morgan fingerprint density at radius 1 is 1.31 bits per heavy atom. The molecule has 6 nitrogen and oxygen atoms in total. The number of halogens is 3. The third-order valence-electron chi connectivity index (χ3n) is 4.12. The number of hydrogen-bond acceptors (Lipinski definition) is 3. The topological polar surface area (TPSA) is 68.2 Å². The molecule has 1 unspecified atom stereocenters. The van der Waals surface area contributed by atoms with E-state index in [9.17, 15) is 18.0 Å². The van der Waals surface area contributed by atoms with Crippen LogP contribution in [0, 0.1) is 0 Å². The molecule has 3 rings (SSSR count). The SMILES string of the molecule is O=C(NCC1CCCO1)Nc1ccnn1Cc1ccccc1C(F)(F)F. The molecule has 0 saturated carbocycles. The molecule has 0 bridgehead atoms. The number of urea groups is 1. The van der Waals surface area contributed by atoms with Crippen molar-refractivity contribution >= 4 is 11.8 Å². The van der Waals surface area contributed by atoms with E-state index in [1.807, 2.05) is 0 Å². The average molecular weight is 368 g/mol. The molecule has 1 fully saturated rings. The summed E-state index contributed by atoms with van der Waals surface area (Å²) in [5.74, 6) is 0.312. The van der Waals surface area contributed by atoms with Crippen molar-refractivity contribution in [1.29, 1.82) is 0 Å². The van der Waals surface area contributed by atoms with Crippen LogP contribution in [0.3, 0.4) is 0 Å². The number of nitrogens with one attached hydrogen (secondary N) is 2. The largest absolute Gasteiger partial charge is 0.416 e. The second-order valence-corrected chi connectivity index (χ2v) is 6.00. The lowest BCUT2D eigenvalue weighted by Crippen LogP contribution is -2.35. The van der Waals surface area contributed by atoms with Crippen LogP contribution in [0.1, 0.15) is 24.0 Å². The van der Waals surface area contributed by atoms with Crippen LogP contribution in [0.25, 0.3) is 0 Å². The zero-order chi connectivity index (χ0) is 18.6. The number of aromatic nitrogens is 2. The lowest BCUT2D eigenvalue weighted by molar-refractivity contribution is -0.138. The lowest BCUT2D eigenvalue weighted by Gasteiger charge is -2.15. The summed E-state index contributed by atoms with van der Waals surface area (Å²) in [5, 5.41) is 9.31. The second-order valence-electron chi connectivity index (χ2n) is 6.00. The zero-order valence-corrected chi connectivity index (χ0v) is 13.9. The van der Waals surface area contributed by atoms with E-state index in [1.165, 1.54) is 35.1 Å². The average Bonchev–Trinajstić information content (AvgIpc) is 3.25. The first-order chi connectivity index (χ1) is 12.4. The number of rotatable bonds is 5. The minimum absolute atomic E-state index is 0.00400. The van der Waals surface area contributed by atoms with Crippen molar-refractivity contribution in [2.75, 3.05) is 18.5 Å². The molecule has 2 heterocycles. The van der Waals surface area contributed by atoms with Gasteiger partial charge in [0.15, 0.2) is 0 Å². The molecule has 9 heteroatoms. The van der Waals surface area contributed by atoms with E-state index < -0.39 is 17.8 Å².